The lowest BCUT2D eigenvalue weighted by Gasteiger charge is -2.44. The molecule has 2 aliphatic heterocycles. The van der Waals surface area contributed by atoms with Crippen LogP contribution >= 0.6 is 15.9 Å². The molecule has 2 saturated heterocycles. The molecule has 0 aromatic heterocycles. The van der Waals surface area contributed by atoms with Crippen molar-refractivity contribution < 1.29 is 4.74 Å². The zero-order chi connectivity index (χ0) is 11.7. The molecule has 0 saturated carbocycles. The second-order valence-electron chi connectivity index (χ2n) is 5.32. The summed E-state index contributed by atoms with van der Waals surface area (Å²) in [5.74, 6) is 0.811. The first-order chi connectivity index (χ1) is 8.30. The monoisotopic (exact) mass is 295 g/mol. The molecule has 3 heteroatoms. The van der Waals surface area contributed by atoms with E-state index >= 15 is 0 Å². The summed E-state index contributed by atoms with van der Waals surface area (Å²) in [7, 11) is 0. The molecule has 0 bridgehead atoms. The number of halogens is 1. The second kappa shape index (κ2) is 4.71. The summed E-state index contributed by atoms with van der Waals surface area (Å²) in [6.07, 6.45) is 2.56. The van der Waals surface area contributed by atoms with Crippen LogP contribution in [-0.2, 0) is 10.2 Å². The first-order valence-electron chi connectivity index (χ1n) is 6.34. The molecule has 1 aromatic carbocycles. The van der Waals surface area contributed by atoms with Crippen LogP contribution in [0.2, 0.25) is 0 Å². The van der Waals surface area contributed by atoms with Gasteiger partial charge in [0.15, 0.2) is 0 Å². The molecular formula is C14H18BrNO. The molecule has 0 amide bonds. The van der Waals surface area contributed by atoms with E-state index in [1.807, 2.05) is 0 Å². The van der Waals surface area contributed by atoms with E-state index in [-0.39, 0.29) is 5.41 Å². The van der Waals surface area contributed by atoms with Gasteiger partial charge in [-0.15, -0.1) is 0 Å². The number of benzene rings is 1. The Morgan fingerprint density at radius 1 is 1.35 bits per heavy atom. The molecule has 0 spiro atoms. The fourth-order valence-electron chi connectivity index (χ4n) is 3.06. The lowest BCUT2D eigenvalue weighted by atomic mass is 9.72. The standard InChI is InChI=1S/C14H18BrNO/c15-13-4-2-1-3-12(13)14(9-17-10-14)7-11-5-6-16-8-11/h1-4,11,16H,5-10H2. The minimum absolute atomic E-state index is 0.261. The highest BCUT2D eigenvalue weighted by molar-refractivity contribution is 9.10. The normalized spacial score (nSPS) is 26.8. The van der Waals surface area contributed by atoms with Crippen molar-refractivity contribution in [3.8, 4) is 0 Å². The summed E-state index contributed by atoms with van der Waals surface area (Å²) < 4.78 is 6.75. The lowest BCUT2D eigenvalue weighted by Crippen LogP contribution is -2.48. The van der Waals surface area contributed by atoms with Gasteiger partial charge >= 0.3 is 0 Å². The minimum atomic E-state index is 0.261. The van der Waals surface area contributed by atoms with E-state index in [0.717, 1.165) is 19.1 Å². The third kappa shape index (κ3) is 2.16. The number of hydrogen-bond donors (Lipinski definition) is 1. The fraction of sp³-hybridized carbons (Fsp3) is 0.571. The quantitative estimate of drug-likeness (QED) is 0.926. The maximum absolute atomic E-state index is 5.52. The molecule has 2 aliphatic rings. The molecule has 1 aromatic rings. The van der Waals surface area contributed by atoms with Gasteiger partial charge in [0.1, 0.15) is 0 Å². The first kappa shape index (κ1) is 11.7. The zero-order valence-electron chi connectivity index (χ0n) is 9.92. The highest BCUT2D eigenvalue weighted by Gasteiger charge is 2.43. The number of nitrogens with one attached hydrogen (secondary N) is 1. The van der Waals surface area contributed by atoms with E-state index in [2.05, 4.69) is 45.5 Å². The lowest BCUT2D eigenvalue weighted by molar-refractivity contribution is -0.0709. The summed E-state index contributed by atoms with van der Waals surface area (Å²) in [6, 6.07) is 8.60. The molecule has 3 rings (SSSR count). The van der Waals surface area contributed by atoms with Crippen molar-refractivity contribution in [2.24, 2.45) is 5.92 Å². The van der Waals surface area contributed by atoms with Crippen LogP contribution in [0.3, 0.4) is 0 Å². The highest BCUT2D eigenvalue weighted by atomic mass is 79.9. The average Bonchev–Trinajstić information content (AvgIpc) is 2.77. The number of ether oxygens (including phenoxy) is 1. The Kier molecular flexibility index (Phi) is 3.24. The van der Waals surface area contributed by atoms with Crippen LogP contribution in [0.15, 0.2) is 28.7 Å². The number of rotatable bonds is 3. The number of hydrogen-bond acceptors (Lipinski definition) is 2. The Morgan fingerprint density at radius 3 is 2.76 bits per heavy atom. The molecule has 1 N–H and O–H groups in total. The molecule has 2 fully saturated rings. The van der Waals surface area contributed by atoms with Crippen molar-refractivity contribution >= 4 is 15.9 Å². The highest BCUT2D eigenvalue weighted by Crippen LogP contribution is 2.42. The molecule has 1 atom stereocenters. The maximum atomic E-state index is 5.52. The molecule has 2 heterocycles. The zero-order valence-corrected chi connectivity index (χ0v) is 11.5. The van der Waals surface area contributed by atoms with E-state index < -0.39 is 0 Å². The second-order valence-corrected chi connectivity index (χ2v) is 6.17. The van der Waals surface area contributed by atoms with Crippen molar-refractivity contribution in [2.45, 2.75) is 18.3 Å². The van der Waals surface area contributed by atoms with Gasteiger partial charge in [-0.3, -0.25) is 0 Å². The Hall–Kier alpha value is -0.380. The van der Waals surface area contributed by atoms with Gasteiger partial charge in [0.2, 0.25) is 0 Å². The van der Waals surface area contributed by atoms with Gasteiger partial charge in [-0.05, 0) is 43.5 Å². The van der Waals surface area contributed by atoms with Gasteiger partial charge in [0.25, 0.3) is 0 Å². The molecule has 1 unspecified atom stereocenters. The predicted molar refractivity (Wildman–Crippen MR) is 72.2 cm³/mol. The van der Waals surface area contributed by atoms with Gasteiger partial charge < -0.3 is 10.1 Å². The Labute approximate surface area is 111 Å². The van der Waals surface area contributed by atoms with Gasteiger partial charge in [0.05, 0.1) is 13.2 Å². The van der Waals surface area contributed by atoms with Gasteiger partial charge in [-0.2, -0.15) is 0 Å². The van der Waals surface area contributed by atoms with E-state index in [1.54, 1.807) is 0 Å². The molecular weight excluding hydrogens is 278 g/mol. The largest absolute Gasteiger partial charge is 0.379 e. The van der Waals surface area contributed by atoms with Crippen LogP contribution in [0.1, 0.15) is 18.4 Å². The summed E-state index contributed by atoms with van der Waals surface area (Å²) in [5, 5.41) is 3.46. The average molecular weight is 296 g/mol. The Balaban J connectivity index is 1.83. The predicted octanol–water partition coefficient (Wildman–Crippen LogP) is 2.72. The maximum Gasteiger partial charge on any atom is 0.0586 e. The van der Waals surface area contributed by atoms with Crippen LogP contribution in [0.25, 0.3) is 0 Å². The first-order valence-corrected chi connectivity index (χ1v) is 7.13. The van der Waals surface area contributed by atoms with Crippen molar-refractivity contribution in [2.75, 3.05) is 26.3 Å². The molecule has 17 heavy (non-hydrogen) atoms. The third-order valence-electron chi connectivity index (χ3n) is 4.04. The van der Waals surface area contributed by atoms with Gasteiger partial charge in [-0.25, -0.2) is 0 Å². The van der Waals surface area contributed by atoms with Crippen molar-refractivity contribution in [3.63, 3.8) is 0 Å². The molecule has 0 aliphatic carbocycles. The molecule has 0 radical (unpaired) electrons. The van der Waals surface area contributed by atoms with E-state index in [4.69, 9.17) is 4.74 Å². The topological polar surface area (TPSA) is 21.3 Å². The minimum Gasteiger partial charge on any atom is -0.379 e. The van der Waals surface area contributed by atoms with E-state index in [9.17, 15) is 0 Å². The van der Waals surface area contributed by atoms with Crippen LogP contribution in [0.5, 0.6) is 0 Å². The summed E-state index contributed by atoms with van der Waals surface area (Å²) in [5.41, 5.74) is 1.69. The SMILES string of the molecule is Brc1ccccc1C1(CC2CCNC2)COC1. The molecule has 92 valence electrons. The Bertz CT molecular complexity index is 397. The smallest absolute Gasteiger partial charge is 0.0586 e. The Morgan fingerprint density at radius 2 is 2.18 bits per heavy atom. The summed E-state index contributed by atoms with van der Waals surface area (Å²) in [6.45, 7) is 4.11. The molecule has 2 nitrogen and oxygen atoms in total. The van der Waals surface area contributed by atoms with Crippen LogP contribution < -0.4 is 5.32 Å². The summed E-state index contributed by atoms with van der Waals surface area (Å²) >= 11 is 3.69. The van der Waals surface area contributed by atoms with Crippen LogP contribution in [0.4, 0.5) is 0 Å². The van der Waals surface area contributed by atoms with Gasteiger partial charge in [0, 0.05) is 9.89 Å². The van der Waals surface area contributed by atoms with Crippen molar-refractivity contribution in [1.82, 2.24) is 5.32 Å². The van der Waals surface area contributed by atoms with E-state index in [0.29, 0.717) is 0 Å². The van der Waals surface area contributed by atoms with Crippen molar-refractivity contribution in [3.05, 3.63) is 34.3 Å². The third-order valence-corrected chi connectivity index (χ3v) is 4.74. The van der Waals surface area contributed by atoms with E-state index in [1.165, 1.54) is 36.0 Å². The van der Waals surface area contributed by atoms with Crippen LogP contribution in [-0.4, -0.2) is 26.3 Å². The van der Waals surface area contributed by atoms with Gasteiger partial charge in [-0.1, -0.05) is 34.1 Å². The fourth-order valence-corrected chi connectivity index (χ4v) is 3.77. The van der Waals surface area contributed by atoms with Crippen molar-refractivity contribution in [1.29, 1.82) is 0 Å². The summed E-state index contributed by atoms with van der Waals surface area (Å²) in [4.78, 5) is 0. The van der Waals surface area contributed by atoms with Crippen LogP contribution in [0, 0.1) is 5.92 Å².